The lowest BCUT2D eigenvalue weighted by Gasteiger charge is -2.55. The number of ether oxygens (including phenoxy) is 1. The molecule has 0 N–H and O–H groups in total. The molecule has 2 nitrogen and oxygen atoms in total. The maximum Gasteiger partial charge on any atom is 0.0652 e. The molecule has 1 saturated carbocycles. The minimum Gasteiger partial charge on any atom is -0.381 e. The highest BCUT2D eigenvalue weighted by Crippen LogP contribution is 2.44. The van der Waals surface area contributed by atoms with Gasteiger partial charge >= 0.3 is 0 Å². The van der Waals surface area contributed by atoms with Crippen molar-refractivity contribution in [3.8, 4) is 0 Å². The first kappa shape index (κ1) is 7.34. The Kier molecular flexibility index (Phi) is 1.50. The van der Waals surface area contributed by atoms with Gasteiger partial charge in [-0.15, -0.1) is 0 Å². The molecule has 3 aliphatic heterocycles. The molecule has 0 aromatic rings. The van der Waals surface area contributed by atoms with Gasteiger partial charge in [0.15, 0.2) is 0 Å². The van der Waals surface area contributed by atoms with Gasteiger partial charge in [-0.05, 0) is 30.6 Å². The van der Waals surface area contributed by atoms with Crippen LogP contribution in [0.3, 0.4) is 0 Å². The maximum absolute atomic E-state index is 5.60. The zero-order chi connectivity index (χ0) is 8.13. The zero-order valence-electron chi connectivity index (χ0n) is 7.70. The van der Waals surface area contributed by atoms with E-state index >= 15 is 0 Å². The summed E-state index contributed by atoms with van der Waals surface area (Å²) in [6.07, 6.45) is 3.47. The number of rotatable bonds is 1. The lowest BCUT2D eigenvalue weighted by atomic mass is 9.66. The van der Waals surface area contributed by atoms with Gasteiger partial charge in [0.25, 0.3) is 0 Å². The summed E-state index contributed by atoms with van der Waals surface area (Å²) in [5, 5.41) is 0. The first-order valence-corrected chi connectivity index (χ1v) is 5.12. The van der Waals surface area contributed by atoms with Crippen LogP contribution in [-0.4, -0.2) is 37.7 Å². The topological polar surface area (TPSA) is 12.5 Å². The van der Waals surface area contributed by atoms with Crippen LogP contribution in [0.5, 0.6) is 0 Å². The van der Waals surface area contributed by atoms with Gasteiger partial charge in [0.1, 0.15) is 0 Å². The van der Waals surface area contributed by atoms with Crippen LogP contribution in [0.4, 0.5) is 0 Å². The summed E-state index contributed by atoms with van der Waals surface area (Å²) in [5.74, 6) is 2.73. The summed E-state index contributed by atoms with van der Waals surface area (Å²) >= 11 is 0. The smallest absolute Gasteiger partial charge is 0.0652 e. The molecule has 4 aliphatic rings. The Morgan fingerprint density at radius 1 is 1.08 bits per heavy atom. The molecule has 0 spiro atoms. The molecule has 4 rings (SSSR count). The highest BCUT2D eigenvalue weighted by atomic mass is 16.5. The Balaban J connectivity index is 1.86. The van der Waals surface area contributed by atoms with E-state index in [1.54, 1.807) is 0 Å². The van der Waals surface area contributed by atoms with Gasteiger partial charge in [0.05, 0.1) is 6.10 Å². The monoisotopic (exact) mass is 167 g/mol. The molecular formula is C10H17NO. The highest BCUT2D eigenvalue weighted by molar-refractivity contribution is 4.99. The van der Waals surface area contributed by atoms with E-state index in [1.165, 1.54) is 32.5 Å². The third-order valence-corrected chi connectivity index (χ3v) is 3.98. The summed E-state index contributed by atoms with van der Waals surface area (Å²) in [6.45, 7) is 4.00. The molecule has 4 bridgehead atoms. The SMILES string of the molecule is COC1C2CC3C[C@H]1CN(C3)C2. The molecule has 4 unspecified atom stereocenters. The number of hydrogen-bond acceptors (Lipinski definition) is 2. The van der Waals surface area contributed by atoms with E-state index in [2.05, 4.69) is 4.90 Å². The Hall–Kier alpha value is -0.0800. The Bertz CT molecular complexity index is 164. The standard InChI is InChI=1S/C10H17NO/c1-12-10-8-2-7-3-9(10)6-11(4-7)5-8/h7-10H,2-6H2,1H3/t7?,8-,9?,10?/m0/s1. The summed E-state index contributed by atoms with van der Waals surface area (Å²) in [6, 6.07) is 0. The van der Waals surface area contributed by atoms with Gasteiger partial charge in [-0.3, -0.25) is 0 Å². The first-order valence-electron chi connectivity index (χ1n) is 5.12. The van der Waals surface area contributed by atoms with Crippen LogP contribution >= 0.6 is 0 Å². The molecule has 4 fully saturated rings. The van der Waals surface area contributed by atoms with E-state index in [-0.39, 0.29) is 0 Å². The zero-order valence-corrected chi connectivity index (χ0v) is 7.70. The average molecular weight is 167 g/mol. The van der Waals surface area contributed by atoms with Crippen molar-refractivity contribution in [3.63, 3.8) is 0 Å². The lowest BCUT2D eigenvalue weighted by molar-refractivity contribution is -0.125. The van der Waals surface area contributed by atoms with Gasteiger partial charge < -0.3 is 9.64 Å². The molecule has 0 aromatic carbocycles. The molecule has 1 aliphatic carbocycles. The van der Waals surface area contributed by atoms with Crippen molar-refractivity contribution in [1.82, 2.24) is 4.90 Å². The molecule has 0 aromatic heterocycles. The van der Waals surface area contributed by atoms with Gasteiger partial charge in [0.2, 0.25) is 0 Å². The average Bonchev–Trinajstić information content (AvgIpc) is 2.02. The van der Waals surface area contributed by atoms with Crippen LogP contribution in [0.1, 0.15) is 12.8 Å². The highest BCUT2D eigenvalue weighted by Gasteiger charge is 2.47. The second-order valence-electron chi connectivity index (χ2n) is 4.78. The largest absolute Gasteiger partial charge is 0.381 e. The van der Waals surface area contributed by atoms with Crippen molar-refractivity contribution in [2.24, 2.45) is 17.8 Å². The molecule has 68 valence electrons. The second kappa shape index (κ2) is 2.46. The Labute approximate surface area is 73.9 Å². The number of hydrogen-bond donors (Lipinski definition) is 0. The molecule has 3 saturated heterocycles. The summed E-state index contributed by atoms with van der Waals surface area (Å²) < 4.78 is 5.60. The van der Waals surface area contributed by atoms with Crippen LogP contribution in [0, 0.1) is 17.8 Å². The van der Waals surface area contributed by atoms with E-state index in [9.17, 15) is 0 Å². The number of nitrogens with zero attached hydrogens (tertiary/aromatic N) is 1. The van der Waals surface area contributed by atoms with E-state index in [0.29, 0.717) is 6.10 Å². The van der Waals surface area contributed by atoms with Crippen molar-refractivity contribution in [2.45, 2.75) is 18.9 Å². The molecule has 3 heterocycles. The third-order valence-electron chi connectivity index (χ3n) is 3.98. The van der Waals surface area contributed by atoms with Crippen LogP contribution in [-0.2, 0) is 4.74 Å². The summed E-state index contributed by atoms with van der Waals surface area (Å²) in [5.41, 5.74) is 0. The third kappa shape index (κ3) is 0.882. The van der Waals surface area contributed by atoms with Crippen molar-refractivity contribution >= 4 is 0 Å². The fraction of sp³-hybridized carbons (Fsp3) is 1.00. The van der Waals surface area contributed by atoms with Crippen molar-refractivity contribution in [3.05, 3.63) is 0 Å². The molecule has 0 radical (unpaired) electrons. The Morgan fingerprint density at radius 2 is 1.75 bits per heavy atom. The minimum atomic E-state index is 0.595. The van der Waals surface area contributed by atoms with Gasteiger partial charge in [-0.25, -0.2) is 0 Å². The number of methoxy groups -OCH3 is 1. The van der Waals surface area contributed by atoms with Crippen LogP contribution in [0.2, 0.25) is 0 Å². The summed E-state index contributed by atoms with van der Waals surface area (Å²) in [7, 11) is 1.89. The molecular weight excluding hydrogens is 150 g/mol. The predicted molar refractivity (Wildman–Crippen MR) is 46.9 cm³/mol. The second-order valence-corrected chi connectivity index (χ2v) is 4.78. The van der Waals surface area contributed by atoms with E-state index in [4.69, 9.17) is 4.74 Å². The van der Waals surface area contributed by atoms with Gasteiger partial charge in [0, 0.05) is 26.7 Å². The maximum atomic E-state index is 5.60. The molecule has 2 heteroatoms. The van der Waals surface area contributed by atoms with Crippen molar-refractivity contribution < 1.29 is 4.74 Å². The lowest BCUT2D eigenvalue weighted by Crippen LogP contribution is -2.60. The van der Waals surface area contributed by atoms with Crippen LogP contribution < -0.4 is 0 Å². The fourth-order valence-corrected chi connectivity index (χ4v) is 3.75. The fourth-order valence-electron chi connectivity index (χ4n) is 3.75. The van der Waals surface area contributed by atoms with Crippen molar-refractivity contribution in [2.75, 3.05) is 26.7 Å². The first-order chi connectivity index (χ1) is 5.86. The van der Waals surface area contributed by atoms with Crippen LogP contribution in [0.15, 0.2) is 0 Å². The van der Waals surface area contributed by atoms with Gasteiger partial charge in [-0.1, -0.05) is 0 Å². The predicted octanol–water partition coefficient (Wildman–Crippen LogP) is 0.973. The normalized spacial score (nSPS) is 56.2. The minimum absolute atomic E-state index is 0.595. The van der Waals surface area contributed by atoms with E-state index in [1.807, 2.05) is 7.11 Å². The molecule has 12 heavy (non-hydrogen) atoms. The summed E-state index contributed by atoms with van der Waals surface area (Å²) in [4.78, 5) is 2.64. The van der Waals surface area contributed by atoms with E-state index < -0.39 is 0 Å². The Morgan fingerprint density at radius 3 is 2.25 bits per heavy atom. The van der Waals surface area contributed by atoms with Crippen molar-refractivity contribution in [1.29, 1.82) is 0 Å². The van der Waals surface area contributed by atoms with Crippen LogP contribution in [0.25, 0.3) is 0 Å². The molecule has 5 atom stereocenters. The number of piperidine rings is 3. The van der Waals surface area contributed by atoms with Gasteiger partial charge in [-0.2, -0.15) is 0 Å². The molecule has 0 amide bonds. The quantitative estimate of drug-likeness (QED) is 0.577. The van der Waals surface area contributed by atoms with E-state index in [0.717, 1.165) is 17.8 Å².